The van der Waals surface area contributed by atoms with Crippen LogP contribution in [0.2, 0.25) is 0 Å². The van der Waals surface area contributed by atoms with Crippen LogP contribution in [0.1, 0.15) is 43.4 Å². The monoisotopic (exact) mass is 401 g/mol. The van der Waals surface area contributed by atoms with E-state index in [0.29, 0.717) is 25.9 Å². The third kappa shape index (κ3) is 4.59. The molecule has 28 heavy (non-hydrogen) atoms. The van der Waals surface area contributed by atoms with Gasteiger partial charge in [0.2, 0.25) is 15.9 Å². The number of carbonyl (C=O) groups is 1. The number of pyridine rings is 1. The molecule has 150 valence electrons. The van der Waals surface area contributed by atoms with E-state index in [9.17, 15) is 13.2 Å². The van der Waals surface area contributed by atoms with Gasteiger partial charge < -0.3 is 5.32 Å². The van der Waals surface area contributed by atoms with Gasteiger partial charge in [-0.25, -0.2) is 8.42 Å². The highest BCUT2D eigenvalue weighted by Crippen LogP contribution is 2.25. The second-order valence-corrected chi connectivity index (χ2v) is 9.19. The van der Waals surface area contributed by atoms with Gasteiger partial charge >= 0.3 is 0 Å². The van der Waals surface area contributed by atoms with Crippen LogP contribution >= 0.6 is 0 Å². The summed E-state index contributed by atoms with van der Waals surface area (Å²) in [5.41, 5.74) is 2.28. The van der Waals surface area contributed by atoms with E-state index in [4.69, 9.17) is 0 Å². The zero-order chi connectivity index (χ0) is 20.1. The van der Waals surface area contributed by atoms with Crippen LogP contribution in [0.25, 0.3) is 0 Å². The normalized spacial score (nSPS) is 17.2. The van der Waals surface area contributed by atoms with Gasteiger partial charge in [-0.3, -0.25) is 9.78 Å². The van der Waals surface area contributed by atoms with Crippen molar-refractivity contribution in [2.45, 2.75) is 44.0 Å². The number of hydrogen-bond acceptors (Lipinski definition) is 4. The van der Waals surface area contributed by atoms with E-state index in [1.807, 2.05) is 38.1 Å². The highest BCUT2D eigenvalue weighted by molar-refractivity contribution is 7.89. The van der Waals surface area contributed by atoms with Crippen molar-refractivity contribution >= 4 is 15.9 Å². The largest absolute Gasteiger partial charge is 0.349 e. The summed E-state index contributed by atoms with van der Waals surface area (Å²) in [6.45, 7) is 4.78. The van der Waals surface area contributed by atoms with Gasteiger partial charge in [0.05, 0.1) is 6.04 Å². The fourth-order valence-electron chi connectivity index (χ4n) is 3.52. The predicted molar refractivity (Wildman–Crippen MR) is 108 cm³/mol. The third-order valence-corrected chi connectivity index (χ3v) is 7.18. The summed E-state index contributed by atoms with van der Waals surface area (Å²) in [4.78, 5) is 16.8. The van der Waals surface area contributed by atoms with Gasteiger partial charge in [0.25, 0.3) is 0 Å². The van der Waals surface area contributed by atoms with Crippen LogP contribution in [-0.2, 0) is 14.8 Å². The van der Waals surface area contributed by atoms with E-state index in [2.05, 4.69) is 10.3 Å². The molecule has 6 nitrogen and oxygen atoms in total. The highest BCUT2D eigenvalue weighted by Gasteiger charge is 2.32. The molecular weight excluding hydrogens is 374 g/mol. The van der Waals surface area contributed by atoms with Crippen molar-refractivity contribution in [1.29, 1.82) is 0 Å². The fourth-order valence-corrected chi connectivity index (χ4v) is 4.95. The molecule has 1 unspecified atom stereocenters. The Hall–Kier alpha value is -2.25. The number of aromatic nitrogens is 1. The highest BCUT2D eigenvalue weighted by atomic mass is 32.2. The first-order valence-corrected chi connectivity index (χ1v) is 11.1. The van der Waals surface area contributed by atoms with Crippen molar-refractivity contribution in [3.63, 3.8) is 0 Å². The van der Waals surface area contributed by atoms with Crippen molar-refractivity contribution in [2.24, 2.45) is 5.92 Å². The Morgan fingerprint density at radius 1 is 1.21 bits per heavy atom. The quantitative estimate of drug-likeness (QED) is 0.807. The second-order valence-electron chi connectivity index (χ2n) is 7.25. The van der Waals surface area contributed by atoms with Crippen molar-refractivity contribution < 1.29 is 13.2 Å². The van der Waals surface area contributed by atoms with Crippen LogP contribution in [0.4, 0.5) is 0 Å². The Morgan fingerprint density at radius 2 is 1.89 bits per heavy atom. The van der Waals surface area contributed by atoms with Crippen molar-refractivity contribution in [2.75, 3.05) is 13.1 Å². The Bertz CT molecular complexity index is 890. The molecule has 7 heteroatoms. The summed E-state index contributed by atoms with van der Waals surface area (Å²) in [5.74, 6) is -0.161. The lowest BCUT2D eigenvalue weighted by Crippen LogP contribution is -2.43. The summed E-state index contributed by atoms with van der Waals surface area (Å²) in [6.07, 6.45) is 4.77. The van der Waals surface area contributed by atoms with Crippen LogP contribution < -0.4 is 5.32 Å². The minimum absolute atomic E-state index is 0.00542. The fraction of sp³-hybridized carbons (Fsp3) is 0.429. The molecule has 0 radical (unpaired) electrons. The van der Waals surface area contributed by atoms with Gasteiger partial charge in [-0.05, 0) is 43.9 Å². The topological polar surface area (TPSA) is 79.4 Å². The van der Waals surface area contributed by atoms with Crippen LogP contribution in [0.5, 0.6) is 0 Å². The number of carbonyl (C=O) groups excluding carboxylic acids is 1. The first-order valence-electron chi connectivity index (χ1n) is 9.69. The molecule has 2 heterocycles. The average molecular weight is 402 g/mol. The smallest absolute Gasteiger partial charge is 0.244 e. The summed E-state index contributed by atoms with van der Waals surface area (Å²) in [5, 5.41) is 3.14. The van der Waals surface area contributed by atoms with Gasteiger partial charge in [-0.15, -0.1) is 0 Å². The second kappa shape index (κ2) is 8.84. The molecule has 1 amide bonds. The molecule has 1 N–H and O–H groups in total. The lowest BCUT2D eigenvalue weighted by molar-refractivity contribution is -0.126. The van der Waals surface area contributed by atoms with Crippen molar-refractivity contribution in [3.8, 4) is 0 Å². The number of rotatable bonds is 6. The maximum atomic E-state index is 12.7. The zero-order valence-corrected chi connectivity index (χ0v) is 17.2. The third-order valence-electron chi connectivity index (χ3n) is 5.30. The van der Waals surface area contributed by atoms with Crippen molar-refractivity contribution in [1.82, 2.24) is 14.6 Å². The Labute approximate surface area is 167 Å². The molecular formula is C21H27N3O3S. The molecule has 1 fully saturated rings. The number of aryl methyl sites for hydroxylation is 1. The van der Waals surface area contributed by atoms with Gasteiger partial charge in [-0.2, -0.15) is 4.31 Å². The molecule has 1 saturated heterocycles. The lowest BCUT2D eigenvalue weighted by atomic mass is 9.95. The van der Waals surface area contributed by atoms with Gasteiger partial charge in [-0.1, -0.05) is 36.8 Å². The molecule has 1 aliphatic rings. The minimum Gasteiger partial charge on any atom is -0.349 e. The van der Waals surface area contributed by atoms with Crippen LogP contribution in [0.15, 0.2) is 53.7 Å². The van der Waals surface area contributed by atoms with E-state index in [1.165, 1.54) is 16.1 Å². The molecule has 0 bridgehead atoms. The number of nitrogens with zero attached hydrogens (tertiary/aromatic N) is 2. The molecule has 3 rings (SSSR count). The van der Waals surface area contributed by atoms with E-state index in [1.54, 1.807) is 18.3 Å². The van der Waals surface area contributed by atoms with Gasteiger partial charge in [0.15, 0.2) is 0 Å². The molecule has 2 aromatic rings. The molecule has 0 aliphatic carbocycles. The van der Waals surface area contributed by atoms with Crippen LogP contribution in [-0.4, -0.2) is 36.7 Å². The summed E-state index contributed by atoms with van der Waals surface area (Å²) < 4.78 is 26.8. The number of benzene rings is 1. The van der Waals surface area contributed by atoms with E-state index in [0.717, 1.165) is 12.0 Å². The Balaban J connectivity index is 1.59. The van der Waals surface area contributed by atoms with E-state index in [-0.39, 0.29) is 22.8 Å². The maximum absolute atomic E-state index is 12.7. The number of amides is 1. The number of piperidine rings is 1. The summed E-state index contributed by atoms with van der Waals surface area (Å²) in [6, 6.07) is 11.3. The predicted octanol–water partition coefficient (Wildman–Crippen LogP) is 3.06. The molecule has 0 saturated carbocycles. The maximum Gasteiger partial charge on any atom is 0.244 e. The molecule has 1 aromatic carbocycles. The lowest BCUT2D eigenvalue weighted by Gasteiger charge is -2.31. The first kappa shape index (κ1) is 20.5. The molecule has 1 aliphatic heterocycles. The summed E-state index contributed by atoms with van der Waals surface area (Å²) >= 11 is 0. The zero-order valence-electron chi connectivity index (χ0n) is 16.3. The average Bonchev–Trinajstić information content (AvgIpc) is 2.73. The number of nitrogens with one attached hydrogen (secondary N) is 1. The SMILES string of the molecule is CCC(NC(=O)C1CCN(S(=O)(=O)c2cccnc2)CC1)c1ccc(C)cc1. The molecule has 0 spiro atoms. The Kier molecular flexibility index (Phi) is 6.46. The molecule has 1 atom stereocenters. The number of sulfonamides is 1. The molecule has 1 aromatic heterocycles. The first-order chi connectivity index (χ1) is 13.4. The van der Waals surface area contributed by atoms with Gasteiger partial charge in [0.1, 0.15) is 4.90 Å². The Morgan fingerprint density at radius 3 is 2.46 bits per heavy atom. The number of hydrogen-bond donors (Lipinski definition) is 1. The summed E-state index contributed by atoms with van der Waals surface area (Å²) in [7, 11) is -3.55. The standard InChI is InChI=1S/C21H27N3O3S/c1-3-20(17-8-6-16(2)7-9-17)23-21(25)18-10-13-24(14-11-18)28(26,27)19-5-4-12-22-15-19/h4-9,12,15,18,20H,3,10-11,13-14H2,1-2H3,(H,23,25). The van der Waals surface area contributed by atoms with Crippen LogP contribution in [0.3, 0.4) is 0 Å². The van der Waals surface area contributed by atoms with E-state index < -0.39 is 10.0 Å². The van der Waals surface area contributed by atoms with Crippen molar-refractivity contribution in [3.05, 3.63) is 59.9 Å². The van der Waals surface area contributed by atoms with Crippen LogP contribution in [0, 0.1) is 12.8 Å². The van der Waals surface area contributed by atoms with Gasteiger partial charge in [0, 0.05) is 31.4 Å². The minimum atomic E-state index is -3.55. The van der Waals surface area contributed by atoms with E-state index >= 15 is 0 Å².